The van der Waals surface area contributed by atoms with Gasteiger partial charge in [-0.25, -0.2) is 4.79 Å². The molecule has 104 valence electrons. The van der Waals surface area contributed by atoms with E-state index in [-0.39, 0.29) is 24.8 Å². The molecule has 0 bridgehead atoms. The predicted molar refractivity (Wildman–Crippen MR) is 63.7 cm³/mol. The van der Waals surface area contributed by atoms with Crippen LogP contribution in [-0.2, 0) is 23.9 Å². The van der Waals surface area contributed by atoms with Crippen LogP contribution in [0.3, 0.4) is 0 Å². The average molecular weight is 260 g/mol. The minimum Gasteiger partial charge on any atom is -0.467 e. The van der Waals surface area contributed by atoms with E-state index in [0.717, 1.165) is 0 Å². The molecule has 2 N–H and O–H groups in total. The topological polar surface area (TPSA) is 93.7 Å². The fourth-order valence-corrected chi connectivity index (χ4v) is 1.25. The molecule has 7 heteroatoms. The highest BCUT2D eigenvalue weighted by Crippen LogP contribution is 1.89. The standard InChI is InChI=1S/C11H20N2O5/c1-4-18-10(15)5-6-12-7-9(11(16)17-3)13-8(2)14/h9,12H,4-7H2,1-3H3,(H,13,14). The van der Waals surface area contributed by atoms with Crippen LogP contribution in [-0.4, -0.2) is 50.7 Å². The maximum absolute atomic E-state index is 11.3. The lowest BCUT2D eigenvalue weighted by Crippen LogP contribution is -2.47. The second-order valence-electron chi connectivity index (χ2n) is 3.54. The van der Waals surface area contributed by atoms with Gasteiger partial charge in [-0.3, -0.25) is 9.59 Å². The predicted octanol–water partition coefficient (Wildman–Crippen LogP) is -0.793. The molecule has 0 spiro atoms. The maximum Gasteiger partial charge on any atom is 0.329 e. The number of carbonyl (C=O) groups excluding carboxylic acids is 3. The van der Waals surface area contributed by atoms with E-state index < -0.39 is 12.0 Å². The minimum absolute atomic E-state index is 0.200. The lowest BCUT2D eigenvalue weighted by molar-refractivity contribution is -0.144. The number of hydrogen-bond donors (Lipinski definition) is 2. The summed E-state index contributed by atoms with van der Waals surface area (Å²) in [6.07, 6.45) is 0.210. The Morgan fingerprint density at radius 1 is 1.28 bits per heavy atom. The van der Waals surface area contributed by atoms with Gasteiger partial charge >= 0.3 is 11.9 Å². The van der Waals surface area contributed by atoms with Crippen LogP contribution in [0.15, 0.2) is 0 Å². The molecule has 0 rings (SSSR count). The molecule has 0 saturated carbocycles. The van der Waals surface area contributed by atoms with E-state index in [2.05, 4.69) is 15.4 Å². The molecule has 1 unspecified atom stereocenters. The Morgan fingerprint density at radius 3 is 2.44 bits per heavy atom. The normalized spacial score (nSPS) is 11.5. The number of amides is 1. The summed E-state index contributed by atoms with van der Waals surface area (Å²) in [7, 11) is 1.25. The Bertz CT molecular complexity index is 293. The van der Waals surface area contributed by atoms with Crippen molar-refractivity contribution in [1.82, 2.24) is 10.6 Å². The van der Waals surface area contributed by atoms with Gasteiger partial charge in [0.1, 0.15) is 6.04 Å². The van der Waals surface area contributed by atoms with Crippen molar-refractivity contribution in [1.29, 1.82) is 0 Å². The highest BCUT2D eigenvalue weighted by molar-refractivity contribution is 5.83. The van der Waals surface area contributed by atoms with Crippen molar-refractivity contribution >= 4 is 17.8 Å². The van der Waals surface area contributed by atoms with Gasteiger partial charge in [0.15, 0.2) is 0 Å². The Hall–Kier alpha value is -1.63. The first kappa shape index (κ1) is 16.4. The number of methoxy groups -OCH3 is 1. The fraction of sp³-hybridized carbons (Fsp3) is 0.727. The lowest BCUT2D eigenvalue weighted by Gasteiger charge is -2.15. The van der Waals surface area contributed by atoms with Gasteiger partial charge in [0.2, 0.25) is 5.91 Å². The molecule has 18 heavy (non-hydrogen) atoms. The van der Waals surface area contributed by atoms with E-state index in [4.69, 9.17) is 4.74 Å². The summed E-state index contributed by atoms with van der Waals surface area (Å²) in [4.78, 5) is 33.2. The van der Waals surface area contributed by atoms with Crippen LogP contribution in [0.25, 0.3) is 0 Å². The van der Waals surface area contributed by atoms with Gasteiger partial charge in [0.05, 0.1) is 20.1 Å². The zero-order valence-corrected chi connectivity index (χ0v) is 10.9. The van der Waals surface area contributed by atoms with Crippen LogP contribution < -0.4 is 10.6 Å². The summed E-state index contributed by atoms with van der Waals surface area (Å²) in [5.41, 5.74) is 0. The summed E-state index contributed by atoms with van der Waals surface area (Å²) in [6, 6.07) is -0.755. The quantitative estimate of drug-likeness (QED) is 0.438. The molecule has 0 aromatic rings. The summed E-state index contributed by atoms with van der Waals surface area (Å²) >= 11 is 0. The van der Waals surface area contributed by atoms with Crippen LogP contribution in [0.2, 0.25) is 0 Å². The van der Waals surface area contributed by atoms with Crippen molar-refractivity contribution in [3.8, 4) is 0 Å². The Kier molecular flexibility index (Phi) is 8.55. The largest absolute Gasteiger partial charge is 0.467 e. The zero-order chi connectivity index (χ0) is 14.0. The molecule has 0 aliphatic rings. The van der Waals surface area contributed by atoms with E-state index >= 15 is 0 Å². The van der Waals surface area contributed by atoms with Crippen molar-refractivity contribution in [3.05, 3.63) is 0 Å². The molecular formula is C11H20N2O5. The number of ether oxygens (including phenoxy) is 2. The molecule has 1 atom stereocenters. The monoisotopic (exact) mass is 260 g/mol. The molecule has 0 aromatic carbocycles. The van der Waals surface area contributed by atoms with Gasteiger partial charge < -0.3 is 20.1 Å². The third-order valence-electron chi connectivity index (χ3n) is 2.02. The highest BCUT2D eigenvalue weighted by atomic mass is 16.5. The molecule has 0 aromatic heterocycles. The van der Waals surface area contributed by atoms with Gasteiger partial charge in [0, 0.05) is 20.0 Å². The fourth-order valence-electron chi connectivity index (χ4n) is 1.25. The molecule has 0 heterocycles. The second kappa shape index (κ2) is 9.41. The smallest absolute Gasteiger partial charge is 0.329 e. The number of hydrogen-bond acceptors (Lipinski definition) is 6. The Balaban J connectivity index is 3.93. The lowest BCUT2D eigenvalue weighted by atomic mass is 10.3. The summed E-state index contributed by atoms with van der Waals surface area (Å²) in [5, 5.41) is 5.33. The number of nitrogens with one attached hydrogen (secondary N) is 2. The number of carbonyl (C=O) groups is 3. The minimum atomic E-state index is -0.755. The van der Waals surface area contributed by atoms with Crippen LogP contribution >= 0.6 is 0 Å². The van der Waals surface area contributed by atoms with E-state index in [1.54, 1.807) is 6.92 Å². The molecular weight excluding hydrogens is 240 g/mol. The van der Waals surface area contributed by atoms with Gasteiger partial charge in [-0.15, -0.1) is 0 Å². The molecule has 0 radical (unpaired) electrons. The molecule has 0 aliphatic carbocycles. The third-order valence-corrected chi connectivity index (χ3v) is 2.02. The first-order chi connectivity index (χ1) is 8.51. The van der Waals surface area contributed by atoms with Crippen LogP contribution in [0.1, 0.15) is 20.3 Å². The van der Waals surface area contributed by atoms with Crippen molar-refractivity contribution in [2.75, 3.05) is 26.8 Å². The molecule has 7 nitrogen and oxygen atoms in total. The average Bonchev–Trinajstić information content (AvgIpc) is 2.32. The zero-order valence-electron chi connectivity index (χ0n) is 10.9. The van der Waals surface area contributed by atoms with Crippen molar-refractivity contribution in [2.24, 2.45) is 0 Å². The highest BCUT2D eigenvalue weighted by Gasteiger charge is 2.19. The van der Waals surface area contributed by atoms with Gasteiger partial charge in [-0.1, -0.05) is 0 Å². The van der Waals surface area contributed by atoms with E-state index in [9.17, 15) is 14.4 Å². The number of rotatable bonds is 8. The molecule has 1 amide bonds. The van der Waals surface area contributed by atoms with E-state index in [0.29, 0.717) is 13.2 Å². The Morgan fingerprint density at radius 2 is 1.94 bits per heavy atom. The van der Waals surface area contributed by atoms with Gasteiger partial charge in [-0.05, 0) is 6.92 Å². The van der Waals surface area contributed by atoms with Crippen molar-refractivity contribution in [2.45, 2.75) is 26.3 Å². The van der Waals surface area contributed by atoms with Crippen LogP contribution in [0.5, 0.6) is 0 Å². The van der Waals surface area contributed by atoms with Crippen LogP contribution in [0, 0.1) is 0 Å². The first-order valence-corrected chi connectivity index (χ1v) is 5.72. The first-order valence-electron chi connectivity index (χ1n) is 5.72. The van der Waals surface area contributed by atoms with E-state index in [1.165, 1.54) is 14.0 Å². The SMILES string of the molecule is CCOC(=O)CCNCC(NC(C)=O)C(=O)OC. The van der Waals surface area contributed by atoms with Crippen LogP contribution in [0.4, 0.5) is 0 Å². The number of esters is 2. The van der Waals surface area contributed by atoms with Crippen molar-refractivity contribution in [3.63, 3.8) is 0 Å². The third kappa shape index (κ3) is 7.61. The second-order valence-corrected chi connectivity index (χ2v) is 3.54. The summed E-state index contributed by atoms with van der Waals surface area (Å²) in [5.74, 6) is -1.16. The van der Waals surface area contributed by atoms with Crippen molar-refractivity contribution < 1.29 is 23.9 Å². The molecule has 0 fully saturated rings. The van der Waals surface area contributed by atoms with Gasteiger partial charge in [0.25, 0.3) is 0 Å². The molecule has 0 saturated heterocycles. The Labute approximate surface area is 106 Å². The molecule has 0 aliphatic heterocycles. The van der Waals surface area contributed by atoms with E-state index in [1.807, 2.05) is 0 Å². The summed E-state index contributed by atoms with van der Waals surface area (Å²) < 4.78 is 9.29. The summed E-state index contributed by atoms with van der Waals surface area (Å²) in [6.45, 7) is 3.96. The van der Waals surface area contributed by atoms with Gasteiger partial charge in [-0.2, -0.15) is 0 Å². The maximum atomic E-state index is 11.3.